The van der Waals surface area contributed by atoms with Gasteiger partial charge in [-0.05, 0) is 43.5 Å². The number of benzene rings is 1. The highest BCUT2D eigenvalue weighted by molar-refractivity contribution is 5.89. The highest BCUT2D eigenvalue weighted by atomic mass is 19.4. The molecule has 9 nitrogen and oxygen atoms in total. The molecule has 1 amide bonds. The standard InChI is InChI=1S/C23H26F3N5O4/c1-12-8-13(23(24,25)26)9-17(34-4)18(12)15-10-16(30(2)3)19-20(28-15)29-21(35-19)27-14-6-5-7-31(11-14)22(32)33/h8-10,14H,5-7,11H2,1-4H3,(H,32,33)(H,27,28,29)/t14-/m1/s1. The molecule has 2 N–H and O–H groups in total. The topological polar surface area (TPSA) is 104 Å². The molecule has 1 aliphatic heterocycles. The van der Waals surface area contributed by atoms with E-state index in [9.17, 15) is 23.1 Å². The van der Waals surface area contributed by atoms with E-state index in [0.29, 0.717) is 47.6 Å². The molecule has 1 aromatic carbocycles. The average molecular weight is 493 g/mol. The van der Waals surface area contributed by atoms with Crippen LogP contribution in [0.15, 0.2) is 22.6 Å². The highest BCUT2D eigenvalue weighted by Gasteiger charge is 2.33. The van der Waals surface area contributed by atoms with Crippen LogP contribution in [0.1, 0.15) is 24.0 Å². The number of aromatic nitrogens is 2. The summed E-state index contributed by atoms with van der Waals surface area (Å²) in [4.78, 5) is 23.5. The highest BCUT2D eigenvalue weighted by Crippen LogP contribution is 2.41. The van der Waals surface area contributed by atoms with Crippen LogP contribution in [0.25, 0.3) is 22.5 Å². The molecule has 0 bridgehead atoms. The Hall–Kier alpha value is -3.70. The number of pyridine rings is 1. The molecule has 3 aromatic rings. The number of hydrogen-bond acceptors (Lipinski definition) is 7. The van der Waals surface area contributed by atoms with Gasteiger partial charge in [0.1, 0.15) is 5.75 Å². The van der Waals surface area contributed by atoms with E-state index in [-0.39, 0.29) is 23.5 Å². The SMILES string of the molecule is COc1cc(C(F)(F)F)cc(C)c1-c1cc(N(C)C)c2oc(N[C@@H]3CCCN(C(=O)O)C3)nc2n1. The van der Waals surface area contributed by atoms with Crippen LogP contribution in [-0.4, -0.2) is 66.4 Å². The Balaban J connectivity index is 1.76. The number of hydrogen-bond donors (Lipinski definition) is 2. The maximum Gasteiger partial charge on any atom is 0.416 e. The second kappa shape index (κ2) is 9.16. The first kappa shape index (κ1) is 24.4. The van der Waals surface area contributed by atoms with Gasteiger partial charge in [0.15, 0.2) is 5.58 Å². The zero-order valence-corrected chi connectivity index (χ0v) is 19.7. The van der Waals surface area contributed by atoms with Crippen LogP contribution in [0.2, 0.25) is 0 Å². The summed E-state index contributed by atoms with van der Waals surface area (Å²) in [7, 11) is 4.92. The molecule has 0 spiro atoms. The van der Waals surface area contributed by atoms with Crippen molar-refractivity contribution in [2.24, 2.45) is 0 Å². The number of ether oxygens (including phenoxy) is 1. The second-order valence-corrected chi connectivity index (χ2v) is 8.67. The third-order valence-electron chi connectivity index (χ3n) is 5.95. The van der Waals surface area contributed by atoms with Gasteiger partial charge in [0.05, 0.1) is 24.1 Å². The minimum absolute atomic E-state index is 0.0479. The number of nitrogens with zero attached hydrogens (tertiary/aromatic N) is 4. The average Bonchev–Trinajstić information content (AvgIpc) is 3.19. The predicted molar refractivity (Wildman–Crippen MR) is 124 cm³/mol. The van der Waals surface area contributed by atoms with Gasteiger partial charge in [0.25, 0.3) is 6.01 Å². The van der Waals surface area contributed by atoms with Gasteiger partial charge in [-0.2, -0.15) is 18.2 Å². The fourth-order valence-electron chi connectivity index (χ4n) is 4.27. The molecule has 188 valence electrons. The molecular formula is C23H26F3N5O4. The number of alkyl halides is 3. The Kier molecular flexibility index (Phi) is 6.39. The molecule has 1 aliphatic rings. The molecule has 0 aliphatic carbocycles. The van der Waals surface area contributed by atoms with E-state index >= 15 is 0 Å². The van der Waals surface area contributed by atoms with Crippen LogP contribution in [-0.2, 0) is 6.18 Å². The molecule has 1 atom stereocenters. The van der Waals surface area contributed by atoms with Crippen molar-refractivity contribution >= 4 is 29.0 Å². The van der Waals surface area contributed by atoms with Crippen LogP contribution in [0, 0.1) is 6.92 Å². The molecule has 12 heteroatoms. The largest absolute Gasteiger partial charge is 0.496 e. The summed E-state index contributed by atoms with van der Waals surface area (Å²) in [6.45, 7) is 2.35. The number of methoxy groups -OCH3 is 1. The van der Waals surface area contributed by atoms with Gasteiger partial charge in [-0.25, -0.2) is 9.78 Å². The van der Waals surface area contributed by atoms with E-state index in [2.05, 4.69) is 15.3 Å². The quantitative estimate of drug-likeness (QED) is 0.520. The monoisotopic (exact) mass is 493 g/mol. The fraction of sp³-hybridized carbons (Fsp3) is 0.435. The van der Waals surface area contributed by atoms with Gasteiger partial charge >= 0.3 is 12.3 Å². The Bertz CT molecular complexity index is 1260. The van der Waals surface area contributed by atoms with Gasteiger partial charge < -0.3 is 29.4 Å². The number of rotatable bonds is 5. The first-order chi connectivity index (χ1) is 16.5. The first-order valence-electron chi connectivity index (χ1n) is 11.0. The number of likely N-dealkylation sites (tertiary alicyclic amines) is 1. The summed E-state index contributed by atoms with van der Waals surface area (Å²) in [5.74, 6) is 0.0479. The summed E-state index contributed by atoms with van der Waals surface area (Å²) in [6, 6.07) is 3.75. The number of fused-ring (bicyclic) bond motifs is 1. The number of anilines is 2. The summed E-state index contributed by atoms with van der Waals surface area (Å²) in [6.07, 6.45) is -4.02. The van der Waals surface area contributed by atoms with Crippen LogP contribution in [0.5, 0.6) is 5.75 Å². The van der Waals surface area contributed by atoms with E-state index in [1.165, 1.54) is 12.0 Å². The summed E-state index contributed by atoms with van der Waals surface area (Å²) < 4.78 is 51.2. The molecule has 4 rings (SSSR count). The summed E-state index contributed by atoms with van der Waals surface area (Å²) in [5.41, 5.74) is 1.65. The lowest BCUT2D eigenvalue weighted by molar-refractivity contribution is -0.137. The van der Waals surface area contributed by atoms with Crippen LogP contribution < -0.4 is 15.0 Å². The lowest BCUT2D eigenvalue weighted by Crippen LogP contribution is -2.44. The first-order valence-corrected chi connectivity index (χ1v) is 11.0. The Morgan fingerprint density at radius 1 is 1.29 bits per heavy atom. The van der Waals surface area contributed by atoms with Gasteiger partial charge in [0, 0.05) is 38.8 Å². The molecule has 0 radical (unpaired) electrons. The predicted octanol–water partition coefficient (Wildman–Crippen LogP) is 4.85. The van der Waals surface area contributed by atoms with Crippen molar-refractivity contribution in [2.45, 2.75) is 32.0 Å². The van der Waals surface area contributed by atoms with Gasteiger partial charge in [-0.3, -0.25) is 0 Å². The van der Waals surface area contributed by atoms with Crippen molar-refractivity contribution in [2.75, 3.05) is 44.5 Å². The number of halogens is 3. The van der Waals surface area contributed by atoms with Crippen LogP contribution in [0.4, 0.5) is 29.7 Å². The number of carboxylic acid groups (broad SMARTS) is 1. The van der Waals surface area contributed by atoms with Crippen LogP contribution in [0.3, 0.4) is 0 Å². The summed E-state index contributed by atoms with van der Waals surface area (Å²) in [5, 5.41) is 12.4. The third-order valence-corrected chi connectivity index (χ3v) is 5.95. The second-order valence-electron chi connectivity index (χ2n) is 8.67. The van der Waals surface area contributed by atoms with Crippen molar-refractivity contribution in [1.29, 1.82) is 0 Å². The molecule has 3 heterocycles. The Morgan fingerprint density at radius 2 is 2.03 bits per heavy atom. The number of piperidine rings is 1. The maximum atomic E-state index is 13.3. The van der Waals surface area contributed by atoms with E-state index in [1.807, 2.05) is 0 Å². The molecule has 35 heavy (non-hydrogen) atoms. The van der Waals surface area contributed by atoms with Gasteiger partial charge in [-0.1, -0.05) is 0 Å². The lowest BCUT2D eigenvalue weighted by atomic mass is 9.99. The Morgan fingerprint density at radius 3 is 2.66 bits per heavy atom. The maximum absolute atomic E-state index is 13.3. The molecule has 2 aromatic heterocycles. The molecule has 0 saturated carbocycles. The van der Waals surface area contributed by atoms with Gasteiger partial charge in [-0.15, -0.1) is 0 Å². The molecule has 1 fully saturated rings. The van der Waals surface area contributed by atoms with Crippen molar-refractivity contribution in [3.63, 3.8) is 0 Å². The zero-order chi connectivity index (χ0) is 25.5. The Labute approximate surface area is 199 Å². The fourth-order valence-corrected chi connectivity index (χ4v) is 4.27. The zero-order valence-electron chi connectivity index (χ0n) is 19.7. The molecule has 1 saturated heterocycles. The number of aryl methyl sites for hydroxylation is 1. The third kappa shape index (κ3) is 4.91. The van der Waals surface area contributed by atoms with E-state index in [0.717, 1.165) is 18.6 Å². The number of oxazole rings is 1. The minimum atomic E-state index is -4.51. The smallest absolute Gasteiger partial charge is 0.416 e. The van der Waals surface area contributed by atoms with E-state index < -0.39 is 17.8 Å². The van der Waals surface area contributed by atoms with E-state index in [4.69, 9.17) is 9.15 Å². The molecule has 0 unspecified atom stereocenters. The van der Waals surface area contributed by atoms with Crippen molar-refractivity contribution < 1.29 is 32.2 Å². The minimum Gasteiger partial charge on any atom is -0.496 e. The van der Waals surface area contributed by atoms with Crippen molar-refractivity contribution in [1.82, 2.24) is 14.9 Å². The number of amides is 1. The molecular weight excluding hydrogens is 467 g/mol. The van der Waals surface area contributed by atoms with Crippen molar-refractivity contribution in [3.8, 4) is 17.0 Å². The van der Waals surface area contributed by atoms with Gasteiger partial charge in [0.2, 0.25) is 5.65 Å². The summed E-state index contributed by atoms with van der Waals surface area (Å²) >= 11 is 0. The van der Waals surface area contributed by atoms with Crippen molar-refractivity contribution in [3.05, 3.63) is 29.3 Å². The number of nitrogens with one attached hydrogen (secondary N) is 1. The lowest BCUT2D eigenvalue weighted by Gasteiger charge is -2.30. The number of carbonyl (C=O) groups is 1. The van der Waals surface area contributed by atoms with Crippen LogP contribution >= 0.6 is 0 Å². The normalized spacial score (nSPS) is 16.4. The van der Waals surface area contributed by atoms with E-state index in [1.54, 1.807) is 32.0 Å².